The van der Waals surface area contributed by atoms with E-state index >= 15 is 0 Å². The first-order valence-electron chi connectivity index (χ1n) is 5.91. The lowest BCUT2D eigenvalue weighted by Crippen LogP contribution is -2.34. The molecule has 0 aliphatic heterocycles. The lowest BCUT2D eigenvalue weighted by atomic mass is 9.87. The summed E-state index contributed by atoms with van der Waals surface area (Å²) in [5.41, 5.74) is 0. The van der Waals surface area contributed by atoms with Gasteiger partial charge in [0.15, 0.2) is 0 Å². The highest BCUT2D eigenvalue weighted by Crippen LogP contribution is 2.25. The van der Waals surface area contributed by atoms with Crippen LogP contribution in [0.25, 0.3) is 0 Å². The van der Waals surface area contributed by atoms with Crippen molar-refractivity contribution in [3.8, 4) is 0 Å². The Morgan fingerprint density at radius 1 is 1.40 bits per heavy atom. The number of aromatic nitrogens is 1. The summed E-state index contributed by atoms with van der Waals surface area (Å²) in [6.07, 6.45) is 7.30. The molecular weight excluding hydrogens is 204 g/mol. The molecule has 0 radical (unpaired) electrons. The third kappa shape index (κ3) is 3.02. The molecule has 1 N–H and O–H groups in total. The molecule has 0 bridgehead atoms. The van der Waals surface area contributed by atoms with Crippen LogP contribution in [0.2, 0.25) is 0 Å². The molecule has 1 heterocycles. The van der Waals surface area contributed by atoms with Crippen molar-refractivity contribution in [1.82, 2.24) is 10.3 Å². The summed E-state index contributed by atoms with van der Waals surface area (Å²) in [4.78, 5) is 4.35. The third-order valence-electron chi connectivity index (χ3n) is 3.32. The lowest BCUT2D eigenvalue weighted by Gasteiger charge is -2.29. The maximum absolute atomic E-state index is 4.35. The van der Waals surface area contributed by atoms with Crippen LogP contribution in [-0.4, -0.2) is 11.0 Å². The molecule has 1 aliphatic rings. The van der Waals surface area contributed by atoms with Crippen LogP contribution in [0.3, 0.4) is 0 Å². The molecule has 1 fully saturated rings. The number of hydrogen-bond donors (Lipinski definition) is 1. The number of hydrogen-bond acceptors (Lipinski definition) is 3. The summed E-state index contributed by atoms with van der Waals surface area (Å²) in [5.74, 6) is 0.929. The minimum atomic E-state index is 0.420. The predicted molar refractivity (Wildman–Crippen MR) is 65.1 cm³/mol. The van der Waals surface area contributed by atoms with Crippen LogP contribution < -0.4 is 5.32 Å². The van der Waals surface area contributed by atoms with Gasteiger partial charge >= 0.3 is 0 Å². The summed E-state index contributed by atoms with van der Waals surface area (Å²) in [7, 11) is 0. The number of rotatable bonds is 3. The highest BCUT2D eigenvalue weighted by molar-refractivity contribution is 7.09. The van der Waals surface area contributed by atoms with E-state index in [1.54, 1.807) is 11.3 Å². The molecule has 0 saturated heterocycles. The topological polar surface area (TPSA) is 24.9 Å². The van der Waals surface area contributed by atoms with E-state index in [0.29, 0.717) is 12.1 Å². The van der Waals surface area contributed by atoms with E-state index in [9.17, 15) is 0 Å². The van der Waals surface area contributed by atoms with E-state index in [4.69, 9.17) is 0 Å². The summed E-state index contributed by atoms with van der Waals surface area (Å²) < 4.78 is 0. The Balaban J connectivity index is 1.82. The fourth-order valence-corrected chi connectivity index (χ4v) is 2.95. The average Bonchev–Trinajstić information content (AvgIpc) is 2.74. The first kappa shape index (κ1) is 11.1. The first-order chi connectivity index (χ1) is 7.25. The second kappa shape index (κ2) is 5.08. The number of thiazole rings is 1. The molecule has 15 heavy (non-hydrogen) atoms. The van der Waals surface area contributed by atoms with Crippen LogP contribution in [0.15, 0.2) is 11.6 Å². The molecule has 1 unspecified atom stereocenters. The normalized spacial score (nSPS) is 28.9. The van der Waals surface area contributed by atoms with Crippen molar-refractivity contribution < 1.29 is 0 Å². The van der Waals surface area contributed by atoms with Crippen LogP contribution in [0.5, 0.6) is 0 Å². The summed E-state index contributed by atoms with van der Waals surface area (Å²) in [6, 6.07) is 1.13. The fourth-order valence-electron chi connectivity index (χ4n) is 2.30. The Kier molecular flexibility index (Phi) is 3.76. The van der Waals surface area contributed by atoms with E-state index in [-0.39, 0.29) is 0 Å². The van der Waals surface area contributed by atoms with Crippen molar-refractivity contribution in [2.45, 2.75) is 51.6 Å². The first-order valence-corrected chi connectivity index (χ1v) is 6.79. The van der Waals surface area contributed by atoms with Crippen molar-refractivity contribution in [3.05, 3.63) is 16.6 Å². The standard InChI is InChI=1S/C12H20N2S/c1-9-3-5-11(6-4-9)14-10(2)12-13-7-8-15-12/h7-11,14H,3-6H2,1-2H3. The van der Waals surface area contributed by atoms with Gasteiger partial charge in [0.25, 0.3) is 0 Å². The second-order valence-corrected chi connectivity index (χ2v) is 5.64. The van der Waals surface area contributed by atoms with Crippen molar-refractivity contribution in [2.75, 3.05) is 0 Å². The Morgan fingerprint density at radius 3 is 2.73 bits per heavy atom. The Hall–Kier alpha value is -0.410. The molecule has 3 heteroatoms. The second-order valence-electron chi connectivity index (χ2n) is 4.72. The van der Waals surface area contributed by atoms with Crippen LogP contribution in [0.1, 0.15) is 50.6 Å². The highest BCUT2D eigenvalue weighted by Gasteiger charge is 2.20. The van der Waals surface area contributed by atoms with Crippen molar-refractivity contribution in [1.29, 1.82) is 0 Å². The zero-order valence-corrected chi connectivity index (χ0v) is 10.4. The zero-order chi connectivity index (χ0) is 10.7. The lowest BCUT2D eigenvalue weighted by molar-refractivity contribution is 0.291. The molecule has 0 amide bonds. The maximum Gasteiger partial charge on any atom is 0.109 e. The largest absolute Gasteiger partial charge is 0.305 e. The van der Waals surface area contributed by atoms with Gasteiger partial charge in [0, 0.05) is 17.6 Å². The van der Waals surface area contributed by atoms with Gasteiger partial charge in [-0.3, -0.25) is 0 Å². The average molecular weight is 224 g/mol. The van der Waals surface area contributed by atoms with Gasteiger partial charge in [0.1, 0.15) is 5.01 Å². The number of nitrogens with one attached hydrogen (secondary N) is 1. The molecule has 1 aromatic rings. The summed E-state index contributed by atoms with van der Waals surface area (Å²) in [5, 5.41) is 6.96. The molecule has 0 spiro atoms. The highest BCUT2D eigenvalue weighted by atomic mass is 32.1. The smallest absolute Gasteiger partial charge is 0.109 e. The molecule has 2 rings (SSSR count). The minimum Gasteiger partial charge on any atom is -0.305 e. The molecule has 1 aromatic heterocycles. The van der Waals surface area contributed by atoms with Gasteiger partial charge < -0.3 is 5.32 Å². The van der Waals surface area contributed by atoms with Crippen LogP contribution >= 0.6 is 11.3 Å². The van der Waals surface area contributed by atoms with Gasteiger partial charge in [0.05, 0.1) is 6.04 Å². The number of nitrogens with zero attached hydrogens (tertiary/aromatic N) is 1. The minimum absolute atomic E-state index is 0.420. The molecule has 1 atom stereocenters. The maximum atomic E-state index is 4.35. The van der Waals surface area contributed by atoms with Gasteiger partial charge in [0.2, 0.25) is 0 Å². The predicted octanol–water partition coefficient (Wildman–Crippen LogP) is 3.37. The Labute approximate surface area is 96.1 Å². The molecule has 84 valence electrons. The molecule has 1 aliphatic carbocycles. The molecule has 0 aromatic carbocycles. The van der Waals surface area contributed by atoms with E-state index in [1.165, 1.54) is 30.7 Å². The van der Waals surface area contributed by atoms with Crippen LogP contribution in [0.4, 0.5) is 0 Å². The Morgan fingerprint density at radius 2 is 2.13 bits per heavy atom. The van der Waals surface area contributed by atoms with Crippen molar-refractivity contribution in [2.24, 2.45) is 5.92 Å². The molecular formula is C12H20N2S. The van der Waals surface area contributed by atoms with E-state index in [1.807, 2.05) is 6.20 Å². The Bertz CT molecular complexity index is 276. The van der Waals surface area contributed by atoms with Gasteiger partial charge in [-0.25, -0.2) is 4.98 Å². The van der Waals surface area contributed by atoms with Gasteiger partial charge in [-0.2, -0.15) is 0 Å². The fraction of sp³-hybridized carbons (Fsp3) is 0.750. The van der Waals surface area contributed by atoms with Gasteiger partial charge in [-0.05, 0) is 38.5 Å². The van der Waals surface area contributed by atoms with Gasteiger partial charge in [-0.15, -0.1) is 11.3 Å². The zero-order valence-electron chi connectivity index (χ0n) is 9.57. The SMILES string of the molecule is CC1CCC(NC(C)c2nccs2)CC1. The monoisotopic (exact) mass is 224 g/mol. The van der Waals surface area contributed by atoms with E-state index in [2.05, 4.69) is 29.5 Å². The van der Waals surface area contributed by atoms with Crippen molar-refractivity contribution >= 4 is 11.3 Å². The molecule has 1 saturated carbocycles. The molecule has 2 nitrogen and oxygen atoms in total. The van der Waals surface area contributed by atoms with Crippen LogP contribution in [-0.2, 0) is 0 Å². The summed E-state index contributed by atoms with van der Waals surface area (Å²) in [6.45, 7) is 4.58. The third-order valence-corrected chi connectivity index (χ3v) is 4.28. The van der Waals surface area contributed by atoms with E-state index in [0.717, 1.165) is 5.92 Å². The van der Waals surface area contributed by atoms with E-state index < -0.39 is 0 Å². The van der Waals surface area contributed by atoms with Gasteiger partial charge in [-0.1, -0.05) is 6.92 Å². The summed E-state index contributed by atoms with van der Waals surface area (Å²) >= 11 is 1.75. The van der Waals surface area contributed by atoms with Crippen molar-refractivity contribution in [3.63, 3.8) is 0 Å². The quantitative estimate of drug-likeness (QED) is 0.851. The van der Waals surface area contributed by atoms with Crippen LogP contribution in [0, 0.1) is 5.92 Å².